The van der Waals surface area contributed by atoms with Crippen LogP contribution >= 0.6 is 10.7 Å². The predicted molar refractivity (Wildman–Crippen MR) is 463 cm³/mol. The minimum atomic E-state index is -5.38. The molecular formula is C95H83ClF15N11O11S3. The van der Waals surface area contributed by atoms with Crippen LogP contribution in [0.4, 0.5) is 82.9 Å². The molecule has 4 saturated carbocycles. The topological polar surface area (TPSA) is 309 Å². The largest absolute Gasteiger partial charge is 0.506 e. The number of nitrogens with zero attached hydrogens (tertiary/aromatic N) is 11. The maximum Gasteiger partial charge on any atom is 0.267 e. The van der Waals surface area contributed by atoms with Crippen LogP contribution in [-0.4, -0.2) is 96.8 Å². The molecule has 6 fully saturated rings. The highest BCUT2D eigenvalue weighted by Crippen LogP contribution is 2.43. The van der Waals surface area contributed by atoms with Crippen LogP contribution in [0.15, 0.2) is 161 Å². The number of ether oxygens (including phenoxy) is 1. The zero-order valence-electron chi connectivity index (χ0n) is 71.9. The molecule has 0 spiro atoms. The third-order valence-corrected chi connectivity index (χ3v) is 29.9. The smallest absolute Gasteiger partial charge is 0.267 e. The van der Waals surface area contributed by atoms with Crippen LogP contribution < -0.4 is 19.4 Å². The highest BCUT2D eigenvalue weighted by atomic mass is 35.7. The van der Waals surface area contributed by atoms with E-state index in [9.17, 15) is 121 Å². The number of sulfonamides is 2. The number of amides is 3. The molecule has 2 atom stereocenters. The van der Waals surface area contributed by atoms with Crippen molar-refractivity contribution in [3.63, 3.8) is 0 Å². The van der Waals surface area contributed by atoms with E-state index in [0.717, 1.165) is 110 Å². The summed E-state index contributed by atoms with van der Waals surface area (Å²) in [6.45, 7) is -0.680. The Hall–Kier alpha value is -12.5. The second kappa shape index (κ2) is 43.7. The minimum Gasteiger partial charge on any atom is -0.506 e. The van der Waals surface area contributed by atoms with Gasteiger partial charge in [-0.1, -0.05) is 113 Å². The van der Waals surface area contributed by atoms with E-state index < -0.39 is 174 Å². The van der Waals surface area contributed by atoms with Crippen LogP contribution in [0.25, 0.3) is 0 Å². The van der Waals surface area contributed by atoms with Crippen molar-refractivity contribution in [2.75, 3.05) is 27.8 Å². The Morgan fingerprint density at radius 1 is 0.390 bits per heavy atom. The van der Waals surface area contributed by atoms with Crippen molar-refractivity contribution >= 4 is 74.6 Å². The zero-order valence-corrected chi connectivity index (χ0v) is 75.1. The molecule has 41 heteroatoms. The van der Waals surface area contributed by atoms with Gasteiger partial charge in [-0.25, -0.2) is 91.1 Å². The van der Waals surface area contributed by atoms with Crippen molar-refractivity contribution in [1.82, 2.24) is 23.6 Å². The molecule has 22 nitrogen and oxygen atoms in total. The molecule has 7 aromatic carbocycles. The molecule has 0 bridgehead atoms. The number of carbonyl (C=O) groups is 3. The van der Waals surface area contributed by atoms with Crippen molar-refractivity contribution < 1.29 is 115 Å². The van der Waals surface area contributed by atoms with Gasteiger partial charge in [0, 0.05) is 77.5 Å². The Kier molecular flexibility index (Phi) is 32.4. The number of rotatable bonds is 23. The highest BCUT2D eigenvalue weighted by molar-refractivity contribution is 8.13. The first-order chi connectivity index (χ1) is 64.9. The molecule has 0 unspecified atom stereocenters. The lowest BCUT2D eigenvalue weighted by Crippen LogP contribution is -2.59. The molecule has 0 radical (unpaired) electrons. The Morgan fingerprint density at radius 2 is 0.735 bits per heavy atom. The summed E-state index contributed by atoms with van der Waals surface area (Å²) in [5.41, 5.74) is 7.73. The molecule has 136 heavy (non-hydrogen) atoms. The molecule has 1 N–H and O–H groups in total. The molecule has 6 aliphatic rings. The Morgan fingerprint density at radius 3 is 1.05 bits per heavy atom. The van der Waals surface area contributed by atoms with Crippen molar-refractivity contribution in [1.29, 1.82) is 15.8 Å². The van der Waals surface area contributed by atoms with Gasteiger partial charge in [0.2, 0.25) is 55.2 Å². The average Bonchev–Trinajstić information content (AvgIpc) is 0.735. The lowest BCUT2D eigenvalue weighted by atomic mass is 9.84. The Bertz CT molecular complexity index is 6570. The maximum atomic E-state index is 14.7. The van der Waals surface area contributed by atoms with E-state index in [1.54, 1.807) is 42.7 Å². The highest BCUT2D eigenvalue weighted by Gasteiger charge is 2.51. The summed E-state index contributed by atoms with van der Waals surface area (Å²) in [4.78, 5) is 52.8. The van der Waals surface area contributed by atoms with E-state index in [4.69, 9.17) is 15.0 Å². The predicted octanol–water partition coefficient (Wildman–Crippen LogP) is 20.3. The van der Waals surface area contributed by atoms with Gasteiger partial charge < -0.3 is 24.5 Å². The Labute approximate surface area is 776 Å². The summed E-state index contributed by atoms with van der Waals surface area (Å²) in [6, 6.07) is 38.8. The average molecular weight is 1970 g/mol. The summed E-state index contributed by atoms with van der Waals surface area (Å²) in [7, 11) is -11.3. The summed E-state index contributed by atoms with van der Waals surface area (Å²) in [5.74, 6) is -37.4. The van der Waals surface area contributed by atoms with E-state index in [2.05, 4.69) is 38.9 Å². The first-order valence-corrected chi connectivity index (χ1v) is 48.3. The first-order valence-electron chi connectivity index (χ1n) is 43.1. The summed E-state index contributed by atoms with van der Waals surface area (Å²) in [6.07, 6.45) is 25.8. The second-order valence-corrected chi connectivity index (χ2v) is 39.3. The van der Waals surface area contributed by atoms with E-state index in [1.165, 1.54) is 85.7 Å². The van der Waals surface area contributed by atoms with Crippen molar-refractivity contribution in [3.8, 4) is 29.7 Å². The van der Waals surface area contributed by atoms with Crippen LogP contribution in [0.3, 0.4) is 0 Å². The van der Waals surface area contributed by atoms with Gasteiger partial charge in [0.25, 0.3) is 9.05 Å². The first kappa shape index (κ1) is 101. The van der Waals surface area contributed by atoms with Crippen molar-refractivity contribution in [2.24, 2.45) is 5.92 Å². The number of aromatic hydroxyl groups is 1. The summed E-state index contributed by atoms with van der Waals surface area (Å²) < 4.78 is 285. The van der Waals surface area contributed by atoms with Gasteiger partial charge in [0.1, 0.15) is 42.3 Å². The molecule has 4 aliphatic carbocycles. The van der Waals surface area contributed by atoms with Gasteiger partial charge in [0.05, 0.1) is 59.5 Å². The number of hydrogen-bond donors (Lipinski definition) is 1. The van der Waals surface area contributed by atoms with Crippen LogP contribution in [0.5, 0.6) is 11.5 Å². The fraction of sp³-hybridized carbons (Fsp3) is 0.337. The number of benzene rings is 7. The third kappa shape index (κ3) is 22.1. The normalized spacial score (nSPS) is 16.7. The number of nitriles is 3. The van der Waals surface area contributed by atoms with Crippen molar-refractivity contribution in [3.05, 3.63) is 289 Å². The van der Waals surface area contributed by atoms with Crippen LogP contribution in [0.2, 0.25) is 0 Å². The SMILES string of the molecule is N#Cc1ccc(N(Cc2ccc(C3CCCCC3)cn2)C(=O)C2CCC2)cc1.N#Cc1ccc(N(Cc2ccc(C3CCCCC3)cn2)C(=O)[C@H]2CCN2S(=O)(=O)c2c(F)c(F)c(F)c(F)c2F)cc1O.N#Cc1ccc(N(Cc2ccc(C3CCCCC3)cn2)C(=O)[C@H]2CCN2S(=O)(=O)c2c(F)c(F)c(F)c(F)c2F)cc1OCc1ccccc1.O=S(=O)(Cl)c1c(F)c(F)c(F)c(F)c1F. The van der Waals surface area contributed by atoms with Gasteiger partial charge in [-0.2, -0.15) is 24.4 Å². The number of pyridine rings is 3. The lowest BCUT2D eigenvalue weighted by Gasteiger charge is -2.41. The fourth-order valence-electron chi connectivity index (χ4n) is 16.8. The van der Waals surface area contributed by atoms with E-state index in [1.807, 2.05) is 71.8 Å². The van der Waals surface area contributed by atoms with Gasteiger partial charge in [-0.15, -0.1) is 0 Å². The second-order valence-electron chi connectivity index (χ2n) is 33.2. The van der Waals surface area contributed by atoms with Crippen LogP contribution in [0.1, 0.15) is 202 Å². The van der Waals surface area contributed by atoms with Gasteiger partial charge in [0.15, 0.2) is 84.5 Å². The molecule has 16 rings (SSSR count). The molecule has 2 saturated heterocycles. The van der Waals surface area contributed by atoms with Gasteiger partial charge >= 0.3 is 0 Å². The van der Waals surface area contributed by atoms with Crippen LogP contribution in [0, 0.1) is 127 Å². The summed E-state index contributed by atoms with van der Waals surface area (Å²) >= 11 is 0. The van der Waals surface area contributed by atoms with Gasteiger partial charge in [-0.3, -0.25) is 29.3 Å². The molecule has 3 amide bonds. The minimum absolute atomic E-state index is 0.0557. The van der Waals surface area contributed by atoms with Gasteiger partial charge in [-0.05, 0) is 171 Å². The molecule has 2 aliphatic heterocycles. The molecule has 10 aromatic rings. The molecule has 3 aromatic heterocycles. The molecular weight excluding hydrogens is 1890 g/mol. The monoisotopic (exact) mass is 1970 g/mol. The number of carbonyl (C=O) groups excluding carboxylic acids is 3. The quantitative estimate of drug-likeness (QED) is 0.0269. The molecule has 714 valence electrons. The number of phenols is 1. The van der Waals surface area contributed by atoms with Crippen molar-refractivity contribution in [2.45, 2.75) is 199 Å². The number of hydrogen-bond acceptors (Lipinski definition) is 17. The van der Waals surface area contributed by atoms with E-state index >= 15 is 0 Å². The summed E-state index contributed by atoms with van der Waals surface area (Å²) in [5, 5.41) is 38.3. The number of anilines is 3. The zero-order chi connectivity index (χ0) is 97.9. The Balaban J connectivity index is 0.000000164. The standard InChI is InChI=1S/C36H31F5N4O4S.C29H25F5N4O4S.C24H27N3O.C6ClF5O2S/c37-30-31(38)33(40)35(34(41)32(30)39)50(47,48)45-16-15-28(45)36(46)44(20-26-13-11-25(19-43-26)23-9-5-2-6-10-23)27-14-12-24(18-42)29(17-27)49-21-22-7-3-1-4-8-22;30-23-24(31)26(33)28(27(34)25(23)32)43(41,42)38-11-10-21(38)29(40)37(20-9-7-17(13-35)22(39)12-20)15-19-8-6-18(14-36-19)16-4-2-1-3-5-16;25-15-18-9-13-23(14-10-18)27(24(28)20-7-4-8-20)17-22-12-11-21(16-26-22)19-5-2-1-3-6-19;7-15(13,14)6-4(11)2(9)1(8)3(10)5(6)12/h1,3-4,7-8,11-14,17,19,23,28H,2,5-6,9-10,15-16,20-21H2;6-9,12,14,16,21,39H,1-5,10-11,15H2;9-14,16,19-20H,1-8,17H2;/t28-;21-;;/m11../s1. The lowest BCUT2D eigenvalue weighted by molar-refractivity contribution is -0.125. The van der Waals surface area contributed by atoms with E-state index in [-0.39, 0.29) is 72.6 Å². The number of halogens is 16. The number of aromatic nitrogens is 3. The maximum absolute atomic E-state index is 14.7. The van der Waals surface area contributed by atoms with Crippen LogP contribution in [-0.2, 0) is 69.7 Å². The fourth-order valence-corrected chi connectivity index (χ4v) is 21.3. The third-order valence-electron chi connectivity index (χ3n) is 24.7. The van der Waals surface area contributed by atoms with E-state index in [0.29, 0.717) is 49.9 Å². The number of phenolic OH excluding ortho intramolecular Hbond substituents is 1. The molecule has 5 heterocycles.